The third kappa shape index (κ3) is 3.03. The molecule has 3 aliphatic rings. The number of hydrogen-bond acceptors (Lipinski definition) is 4. The Labute approximate surface area is 182 Å². The van der Waals surface area contributed by atoms with Gasteiger partial charge in [-0.1, -0.05) is 0 Å². The zero-order valence-electron chi connectivity index (χ0n) is 18.2. The van der Waals surface area contributed by atoms with Crippen molar-refractivity contribution in [2.75, 3.05) is 7.05 Å². The van der Waals surface area contributed by atoms with Crippen LogP contribution in [0.5, 0.6) is 0 Å². The second kappa shape index (κ2) is 6.99. The Bertz CT molecular complexity index is 1060. The molecule has 2 aromatic heterocycles. The van der Waals surface area contributed by atoms with Gasteiger partial charge in [0.2, 0.25) is 0 Å². The zero-order chi connectivity index (χ0) is 23.3. The van der Waals surface area contributed by atoms with Gasteiger partial charge in [0.25, 0.3) is 6.43 Å². The van der Waals surface area contributed by atoms with Gasteiger partial charge in [-0.25, -0.2) is 8.78 Å². The third-order valence-corrected chi connectivity index (χ3v) is 7.16. The Morgan fingerprint density at radius 1 is 1.09 bits per heavy atom. The van der Waals surface area contributed by atoms with Crippen molar-refractivity contribution in [1.29, 1.82) is 0 Å². The third-order valence-electron chi connectivity index (χ3n) is 7.16. The lowest BCUT2D eigenvalue weighted by atomic mass is 10.00. The van der Waals surface area contributed by atoms with Crippen molar-refractivity contribution in [3.8, 4) is 0 Å². The van der Waals surface area contributed by atoms with Crippen LogP contribution >= 0.6 is 0 Å². The van der Waals surface area contributed by atoms with E-state index in [1.165, 1.54) is 4.68 Å². The van der Waals surface area contributed by atoms with Crippen LogP contribution in [0.2, 0.25) is 0 Å². The van der Waals surface area contributed by atoms with E-state index in [2.05, 4.69) is 10.2 Å². The molecule has 6 nitrogen and oxygen atoms in total. The van der Waals surface area contributed by atoms with E-state index in [-0.39, 0.29) is 41.6 Å². The normalized spacial score (nSPS) is 27.9. The van der Waals surface area contributed by atoms with Gasteiger partial charge in [0, 0.05) is 36.2 Å². The summed E-state index contributed by atoms with van der Waals surface area (Å²) in [5, 5.41) is 19.2. The molecule has 1 aliphatic heterocycles. The fourth-order valence-corrected chi connectivity index (χ4v) is 5.90. The summed E-state index contributed by atoms with van der Waals surface area (Å²) in [4.78, 5) is 1.78. The molecule has 1 saturated carbocycles. The first-order valence-electron chi connectivity index (χ1n) is 10.9. The van der Waals surface area contributed by atoms with Crippen molar-refractivity contribution >= 4 is 0 Å². The summed E-state index contributed by atoms with van der Waals surface area (Å²) in [5.41, 5.74) is 0.437. The maximum absolute atomic E-state index is 13.9. The van der Waals surface area contributed by atoms with E-state index in [1.807, 2.05) is 13.8 Å². The van der Waals surface area contributed by atoms with Crippen LogP contribution in [0.15, 0.2) is 0 Å². The van der Waals surface area contributed by atoms with Gasteiger partial charge in [-0.3, -0.25) is 14.3 Å². The molecule has 1 fully saturated rings. The van der Waals surface area contributed by atoms with Crippen LogP contribution in [0.3, 0.4) is 0 Å². The van der Waals surface area contributed by atoms with Crippen molar-refractivity contribution in [3.05, 3.63) is 33.9 Å². The van der Waals surface area contributed by atoms with E-state index < -0.39 is 30.4 Å². The first kappa shape index (κ1) is 21.8. The van der Waals surface area contributed by atoms with E-state index in [0.717, 1.165) is 4.68 Å². The Balaban J connectivity index is 1.44. The van der Waals surface area contributed by atoms with Crippen LogP contribution in [0.25, 0.3) is 0 Å². The average Bonchev–Trinajstić information content (AvgIpc) is 3.01. The number of fused-ring (bicyclic) bond motifs is 4. The number of alkyl halides is 5. The second-order valence-corrected chi connectivity index (χ2v) is 9.71. The van der Waals surface area contributed by atoms with Gasteiger partial charge in [-0.05, 0) is 46.1 Å². The minimum absolute atomic E-state index is 0.181. The maximum Gasteiger partial charge on any atom is 0.433 e. The first-order valence-corrected chi connectivity index (χ1v) is 10.9. The van der Waals surface area contributed by atoms with Gasteiger partial charge in [-0.2, -0.15) is 23.4 Å². The molecule has 0 saturated heterocycles. The highest BCUT2D eigenvalue weighted by Gasteiger charge is 2.64. The molecule has 11 heteroatoms. The maximum atomic E-state index is 13.9. The molecule has 5 atom stereocenters. The fraction of sp³-hybridized carbons (Fsp3) is 0.714. The van der Waals surface area contributed by atoms with Crippen molar-refractivity contribution in [1.82, 2.24) is 24.5 Å². The summed E-state index contributed by atoms with van der Waals surface area (Å²) in [5.74, 6) is -0.754. The number of rotatable bonds is 5. The van der Waals surface area contributed by atoms with E-state index in [0.29, 0.717) is 29.9 Å². The summed E-state index contributed by atoms with van der Waals surface area (Å²) < 4.78 is 71.5. The topological polar surface area (TPSA) is 59.1 Å². The van der Waals surface area contributed by atoms with Crippen molar-refractivity contribution in [2.45, 2.75) is 77.0 Å². The monoisotopic (exact) mass is 459 g/mol. The fourth-order valence-electron chi connectivity index (χ4n) is 5.90. The lowest BCUT2D eigenvalue weighted by Gasteiger charge is -2.21. The number of aliphatic hydroxyl groups is 1. The number of halogens is 5. The second-order valence-electron chi connectivity index (χ2n) is 9.71. The standard InChI is InChI=1S/C21H26F5N5O/c1-8(2)30-17-15(16(28-30)20(22)23)13-10(14(13)18(17)32)5-9(3)31-19(21(24,25)26)11-6-29(4)7-12(11)27-31/h8-10,13-14,18,20,32H,5-7H2,1-4H3. The summed E-state index contributed by atoms with van der Waals surface area (Å²) in [7, 11) is 1.75. The van der Waals surface area contributed by atoms with Gasteiger partial charge in [-0.15, -0.1) is 0 Å². The molecular weight excluding hydrogens is 433 g/mol. The molecule has 3 heterocycles. The lowest BCUT2D eigenvalue weighted by molar-refractivity contribution is -0.145. The summed E-state index contributed by atoms with van der Waals surface area (Å²) in [6.45, 7) is 5.85. The van der Waals surface area contributed by atoms with Crippen LogP contribution in [0.1, 0.15) is 91.6 Å². The molecule has 0 bridgehead atoms. The molecule has 0 spiro atoms. The van der Waals surface area contributed by atoms with Gasteiger partial charge < -0.3 is 5.11 Å². The predicted octanol–water partition coefficient (Wildman–Crippen LogP) is 4.59. The predicted molar refractivity (Wildman–Crippen MR) is 104 cm³/mol. The molecule has 0 radical (unpaired) electrons. The molecule has 2 aliphatic carbocycles. The average molecular weight is 459 g/mol. The van der Waals surface area contributed by atoms with Gasteiger partial charge in [0.1, 0.15) is 11.4 Å². The number of aromatic nitrogens is 4. The summed E-state index contributed by atoms with van der Waals surface area (Å²) in [6.07, 6.45) is -7.92. The summed E-state index contributed by atoms with van der Waals surface area (Å²) >= 11 is 0. The highest BCUT2D eigenvalue weighted by molar-refractivity contribution is 5.46. The Morgan fingerprint density at radius 2 is 1.78 bits per heavy atom. The van der Waals surface area contributed by atoms with E-state index >= 15 is 0 Å². The Hall–Kier alpha value is -2.01. The number of hydrogen-bond donors (Lipinski definition) is 1. The van der Waals surface area contributed by atoms with Gasteiger partial charge >= 0.3 is 6.18 Å². The molecule has 5 rings (SSSR count). The van der Waals surface area contributed by atoms with Crippen LogP contribution < -0.4 is 0 Å². The minimum atomic E-state index is -4.53. The van der Waals surface area contributed by atoms with Crippen molar-refractivity contribution in [3.63, 3.8) is 0 Å². The largest absolute Gasteiger partial charge is 0.433 e. The van der Waals surface area contributed by atoms with Crippen LogP contribution in [0, 0.1) is 11.8 Å². The lowest BCUT2D eigenvalue weighted by Crippen LogP contribution is -2.22. The molecule has 1 N–H and O–H groups in total. The van der Waals surface area contributed by atoms with Crippen molar-refractivity contribution in [2.24, 2.45) is 11.8 Å². The molecule has 0 amide bonds. The van der Waals surface area contributed by atoms with E-state index in [4.69, 9.17) is 0 Å². The Morgan fingerprint density at radius 3 is 2.38 bits per heavy atom. The molecule has 2 aromatic rings. The molecule has 176 valence electrons. The number of nitrogens with zero attached hydrogens (tertiary/aromatic N) is 5. The molecule has 0 aromatic carbocycles. The van der Waals surface area contributed by atoms with Crippen molar-refractivity contribution < 1.29 is 27.1 Å². The Kier molecular flexibility index (Phi) is 4.77. The quantitative estimate of drug-likeness (QED) is 0.665. The molecule has 32 heavy (non-hydrogen) atoms. The van der Waals surface area contributed by atoms with E-state index in [9.17, 15) is 27.1 Å². The molecular formula is C21H26F5N5O. The van der Waals surface area contributed by atoms with Crippen LogP contribution in [-0.2, 0) is 19.3 Å². The van der Waals surface area contributed by atoms with Crippen LogP contribution in [0.4, 0.5) is 22.0 Å². The summed E-state index contributed by atoms with van der Waals surface area (Å²) in [6, 6.07) is -0.761. The number of aliphatic hydroxyl groups excluding tert-OH is 1. The smallest absolute Gasteiger partial charge is 0.386 e. The first-order chi connectivity index (χ1) is 14.9. The minimum Gasteiger partial charge on any atom is -0.386 e. The highest BCUT2D eigenvalue weighted by atomic mass is 19.4. The highest BCUT2D eigenvalue weighted by Crippen LogP contribution is 2.69. The van der Waals surface area contributed by atoms with Crippen LogP contribution in [-0.4, -0.2) is 36.6 Å². The molecule has 5 unspecified atom stereocenters. The van der Waals surface area contributed by atoms with Gasteiger partial charge in [0.05, 0.1) is 23.5 Å². The zero-order valence-corrected chi connectivity index (χ0v) is 18.2. The van der Waals surface area contributed by atoms with Gasteiger partial charge in [0.15, 0.2) is 0 Å². The SMILES string of the molecule is CC(C)n1nc(C(F)F)c2c1C(O)C1C(CC(C)n3nc4c(c3C(F)(F)F)CN(C)C4)C21. The van der Waals surface area contributed by atoms with E-state index in [1.54, 1.807) is 18.9 Å².